The van der Waals surface area contributed by atoms with Crippen molar-refractivity contribution >= 4 is 54.0 Å². The van der Waals surface area contributed by atoms with Gasteiger partial charge in [-0.1, -0.05) is 11.3 Å². The second kappa shape index (κ2) is 6.11. The highest BCUT2D eigenvalue weighted by Gasteiger charge is 2.06. The van der Waals surface area contributed by atoms with Crippen molar-refractivity contribution in [1.29, 1.82) is 0 Å². The van der Waals surface area contributed by atoms with Crippen LogP contribution < -0.4 is 10.1 Å². The zero-order valence-electron chi connectivity index (χ0n) is 10.9. The molecule has 0 bridgehead atoms. The molecule has 0 unspecified atom stereocenters. The lowest BCUT2D eigenvalue weighted by Crippen LogP contribution is -1.96. The molecular weight excluding hydrogens is 356 g/mol. The smallest absolute Gasteiger partial charge is 0.184 e. The second-order valence-corrected chi connectivity index (χ2v) is 7.01. The Morgan fingerprint density at radius 1 is 1.35 bits per heavy atom. The van der Waals surface area contributed by atoms with Gasteiger partial charge >= 0.3 is 0 Å². The molecule has 3 nitrogen and oxygen atoms in total. The SMILES string of the molecule is CCOc1ccc2nc(NCc3sccc3Br)sc2c1. The summed E-state index contributed by atoms with van der Waals surface area (Å²) in [5.74, 6) is 0.899. The van der Waals surface area contributed by atoms with E-state index >= 15 is 0 Å². The van der Waals surface area contributed by atoms with Crippen LogP contribution in [-0.2, 0) is 6.54 Å². The number of benzene rings is 1. The maximum Gasteiger partial charge on any atom is 0.184 e. The average Bonchev–Trinajstić information content (AvgIpc) is 3.02. The van der Waals surface area contributed by atoms with E-state index in [2.05, 4.69) is 37.7 Å². The van der Waals surface area contributed by atoms with E-state index in [9.17, 15) is 0 Å². The molecule has 0 radical (unpaired) electrons. The molecule has 0 saturated carbocycles. The number of thiophene rings is 1. The number of rotatable bonds is 5. The molecule has 0 amide bonds. The Balaban J connectivity index is 1.77. The van der Waals surface area contributed by atoms with Gasteiger partial charge in [0.25, 0.3) is 0 Å². The summed E-state index contributed by atoms with van der Waals surface area (Å²) < 4.78 is 7.80. The monoisotopic (exact) mass is 368 g/mol. The number of ether oxygens (including phenoxy) is 1. The summed E-state index contributed by atoms with van der Waals surface area (Å²) in [5, 5.41) is 6.39. The number of nitrogens with one attached hydrogen (secondary N) is 1. The van der Waals surface area contributed by atoms with Crippen molar-refractivity contribution in [3.8, 4) is 5.75 Å². The number of hydrogen-bond acceptors (Lipinski definition) is 5. The summed E-state index contributed by atoms with van der Waals surface area (Å²) in [5.41, 5.74) is 1.01. The van der Waals surface area contributed by atoms with E-state index in [4.69, 9.17) is 4.74 Å². The van der Waals surface area contributed by atoms with Gasteiger partial charge in [0.2, 0.25) is 0 Å². The van der Waals surface area contributed by atoms with Crippen LogP contribution in [0.4, 0.5) is 5.13 Å². The van der Waals surface area contributed by atoms with Crippen molar-refractivity contribution in [2.75, 3.05) is 11.9 Å². The predicted molar refractivity (Wildman–Crippen MR) is 90.1 cm³/mol. The summed E-state index contributed by atoms with van der Waals surface area (Å²) in [6.07, 6.45) is 0. The lowest BCUT2D eigenvalue weighted by Gasteiger charge is -2.00. The van der Waals surface area contributed by atoms with Gasteiger partial charge in [-0.15, -0.1) is 11.3 Å². The standard InChI is InChI=1S/C14H13BrN2OS2/c1-2-18-9-3-4-11-12(7-9)20-14(17-11)16-8-13-10(15)5-6-19-13/h3-7H,2,8H2,1H3,(H,16,17). The molecule has 3 aromatic rings. The molecule has 0 spiro atoms. The molecule has 20 heavy (non-hydrogen) atoms. The van der Waals surface area contributed by atoms with Gasteiger partial charge in [0.05, 0.1) is 23.4 Å². The molecule has 2 heterocycles. The van der Waals surface area contributed by atoms with E-state index in [1.54, 1.807) is 22.7 Å². The zero-order valence-corrected chi connectivity index (χ0v) is 14.1. The summed E-state index contributed by atoms with van der Waals surface area (Å²) in [6.45, 7) is 3.46. The van der Waals surface area contributed by atoms with E-state index in [1.165, 1.54) is 4.88 Å². The molecule has 0 atom stereocenters. The predicted octanol–water partition coefficient (Wildman–Crippen LogP) is 5.13. The van der Waals surface area contributed by atoms with Gasteiger partial charge in [0.1, 0.15) is 5.75 Å². The third-order valence-corrected chi connectivity index (χ3v) is 5.66. The molecule has 0 aliphatic carbocycles. The minimum absolute atomic E-state index is 0.682. The van der Waals surface area contributed by atoms with Crippen molar-refractivity contribution in [2.24, 2.45) is 0 Å². The number of thiazole rings is 1. The van der Waals surface area contributed by atoms with Gasteiger partial charge in [0, 0.05) is 9.35 Å². The number of fused-ring (bicyclic) bond motifs is 1. The first kappa shape index (κ1) is 13.9. The minimum Gasteiger partial charge on any atom is -0.494 e. The number of aromatic nitrogens is 1. The number of hydrogen-bond donors (Lipinski definition) is 1. The van der Waals surface area contributed by atoms with Crippen LogP contribution in [0.2, 0.25) is 0 Å². The fourth-order valence-corrected chi connectivity index (χ4v) is 4.17. The molecule has 104 valence electrons. The summed E-state index contributed by atoms with van der Waals surface area (Å²) in [7, 11) is 0. The molecule has 1 aromatic carbocycles. The maximum absolute atomic E-state index is 5.51. The third-order valence-electron chi connectivity index (χ3n) is 2.76. The van der Waals surface area contributed by atoms with Crippen LogP contribution in [0.5, 0.6) is 5.75 Å². The molecule has 6 heteroatoms. The van der Waals surface area contributed by atoms with Gasteiger partial charge in [-0.3, -0.25) is 0 Å². The lowest BCUT2D eigenvalue weighted by atomic mass is 10.3. The van der Waals surface area contributed by atoms with E-state index in [1.807, 2.05) is 25.1 Å². The molecule has 0 aliphatic heterocycles. The molecule has 3 rings (SSSR count). The van der Waals surface area contributed by atoms with Gasteiger partial charge in [-0.2, -0.15) is 0 Å². The van der Waals surface area contributed by atoms with E-state index in [0.29, 0.717) is 6.61 Å². The first-order chi connectivity index (χ1) is 9.76. The Morgan fingerprint density at radius 3 is 3.00 bits per heavy atom. The van der Waals surface area contributed by atoms with Crippen molar-refractivity contribution in [3.63, 3.8) is 0 Å². The fourth-order valence-electron chi connectivity index (χ4n) is 1.84. The Morgan fingerprint density at radius 2 is 2.25 bits per heavy atom. The van der Waals surface area contributed by atoms with E-state index in [-0.39, 0.29) is 0 Å². The Kier molecular flexibility index (Phi) is 4.24. The molecule has 0 saturated heterocycles. The Bertz CT molecular complexity index is 723. The molecule has 2 aromatic heterocycles. The maximum atomic E-state index is 5.51. The van der Waals surface area contributed by atoms with Crippen LogP contribution in [0.3, 0.4) is 0 Å². The first-order valence-electron chi connectivity index (χ1n) is 6.25. The van der Waals surface area contributed by atoms with Crippen LogP contribution in [0.25, 0.3) is 10.2 Å². The van der Waals surface area contributed by atoms with Crippen LogP contribution >= 0.6 is 38.6 Å². The average molecular weight is 369 g/mol. The van der Waals surface area contributed by atoms with Crippen LogP contribution in [0, 0.1) is 0 Å². The number of halogens is 1. The molecular formula is C14H13BrN2OS2. The summed E-state index contributed by atoms with van der Waals surface area (Å²) in [6, 6.07) is 8.07. The van der Waals surface area contributed by atoms with E-state index < -0.39 is 0 Å². The quantitative estimate of drug-likeness (QED) is 0.677. The van der Waals surface area contributed by atoms with Gasteiger partial charge in [-0.05, 0) is 52.5 Å². The van der Waals surface area contributed by atoms with Crippen molar-refractivity contribution in [2.45, 2.75) is 13.5 Å². The minimum atomic E-state index is 0.682. The lowest BCUT2D eigenvalue weighted by molar-refractivity contribution is 0.341. The Hall–Kier alpha value is -1.11. The highest BCUT2D eigenvalue weighted by atomic mass is 79.9. The first-order valence-corrected chi connectivity index (χ1v) is 8.74. The number of anilines is 1. The van der Waals surface area contributed by atoms with Gasteiger partial charge in [0.15, 0.2) is 5.13 Å². The number of nitrogens with zero attached hydrogens (tertiary/aromatic N) is 1. The third kappa shape index (κ3) is 2.97. The fraction of sp³-hybridized carbons (Fsp3) is 0.214. The Labute approximate surface area is 133 Å². The van der Waals surface area contributed by atoms with Gasteiger partial charge in [-0.25, -0.2) is 4.98 Å². The van der Waals surface area contributed by atoms with Crippen molar-refractivity contribution < 1.29 is 4.74 Å². The highest BCUT2D eigenvalue weighted by Crippen LogP contribution is 2.30. The molecule has 1 N–H and O–H groups in total. The van der Waals surface area contributed by atoms with Crippen LogP contribution in [0.15, 0.2) is 34.1 Å². The second-order valence-electron chi connectivity index (χ2n) is 4.13. The zero-order chi connectivity index (χ0) is 13.9. The molecule has 0 fully saturated rings. The summed E-state index contributed by atoms with van der Waals surface area (Å²) >= 11 is 6.92. The molecule has 0 aliphatic rings. The highest BCUT2D eigenvalue weighted by molar-refractivity contribution is 9.10. The van der Waals surface area contributed by atoms with Crippen LogP contribution in [0.1, 0.15) is 11.8 Å². The largest absolute Gasteiger partial charge is 0.494 e. The van der Waals surface area contributed by atoms with E-state index in [0.717, 1.165) is 32.1 Å². The topological polar surface area (TPSA) is 34.1 Å². The van der Waals surface area contributed by atoms with Gasteiger partial charge < -0.3 is 10.1 Å². The van der Waals surface area contributed by atoms with Crippen molar-refractivity contribution in [1.82, 2.24) is 4.98 Å². The van der Waals surface area contributed by atoms with Crippen molar-refractivity contribution in [3.05, 3.63) is 39.0 Å². The normalized spacial score (nSPS) is 10.9. The van der Waals surface area contributed by atoms with Crippen LogP contribution in [-0.4, -0.2) is 11.6 Å². The summed E-state index contributed by atoms with van der Waals surface area (Å²) in [4.78, 5) is 5.86.